The number of rotatable bonds is 5. The molecule has 1 aromatic carbocycles. The fourth-order valence-corrected chi connectivity index (χ4v) is 2.74. The third-order valence-corrected chi connectivity index (χ3v) is 3.94. The minimum atomic E-state index is -1.18. The molecule has 0 fully saturated rings. The second kappa shape index (κ2) is 6.43. The Balaban J connectivity index is 2.12. The minimum Gasteiger partial charge on any atom is -0.477 e. The van der Waals surface area contributed by atoms with Gasteiger partial charge in [-0.15, -0.1) is 11.8 Å². The summed E-state index contributed by atoms with van der Waals surface area (Å²) in [5.74, 6) is -0.465. The highest BCUT2D eigenvalue weighted by molar-refractivity contribution is 7.99. The number of carbonyl (C=O) groups is 1. The fraction of sp³-hybridized carbons (Fsp3) is 0.200. The lowest BCUT2D eigenvalue weighted by atomic mass is 10.2. The second-order valence-electron chi connectivity index (χ2n) is 4.31. The van der Waals surface area contributed by atoms with E-state index < -0.39 is 11.5 Å². The Bertz CT molecular complexity index is 665. The number of carboxylic acids is 1. The highest BCUT2D eigenvalue weighted by atomic mass is 32.2. The van der Waals surface area contributed by atoms with Crippen molar-refractivity contribution in [3.05, 3.63) is 64.1 Å². The van der Waals surface area contributed by atoms with Crippen LogP contribution in [0.1, 0.15) is 16.1 Å². The molecular weight excluding hydrogens is 274 g/mol. The van der Waals surface area contributed by atoms with E-state index in [0.29, 0.717) is 12.3 Å². The smallest absolute Gasteiger partial charge is 0.341 e. The maximum Gasteiger partial charge on any atom is 0.341 e. The van der Waals surface area contributed by atoms with E-state index in [4.69, 9.17) is 5.11 Å². The molecule has 0 saturated carbocycles. The van der Waals surface area contributed by atoms with Crippen molar-refractivity contribution in [2.24, 2.45) is 0 Å². The Morgan fingerprint density at radius 2 is 1.90 bits per heavy atom. The zero-order valence-electron chi connectivity index (χ0n) is 11.1. The molecule has 0 radical (unpaired) electrons. The zero-order valence-corrected chi connectivity index (χ0v) is 11.9. The number of hydrogen-bond donors (Lipinski definition) is 1. The van der Waals surface area contributed by atoms with Crippen molar-refractivity contribution >= 4 is 17.7 Å². The van der Waals surface area contributed by atoms with Gasteiger partial charge in [0.05, 0.1) is 0 Å². The lowest BCUT2D eigenvalue weighted by molar-refractivity contribution is 0.0694. The van der Waals surface area contributed by atoms with Gasteiger partial charge >= 0.3 is 5.97 Å². The van der Waals surface area contributed by atoms with Crippen molar-refractivity contribution in [3.8, 4) is 0 Å². The molecule has 0 bridgehead atoms. The maximum atomic E-state index is 12.0. The quantitative estimate of drug-likeness (QED) is 0.860. The van der Waals surface area contributed by atoms with Gasteiger partial charge in [0.1, 0.15) is 5.56 Å². The van der Waals surface area contributed by atoms with E-state index in [9.17, 15) is 9.59 Å². The summed E-state index contributed by atoms with van der Waals surface area (Å²) >= 11 is 1.64. The summed E-state index contributed by atoms with van der Waals surface area (Å²) in [5.41, 5.74) is 0.153. The first-order valence-corrected chi connectivity index (χ1v) is 7.20. The summed E-state index contributed by atoms with van der Waals surface area (Å²) in [5, 5.41) is 8.97. The van der Waals surface area contributed by atoms with E-state index >= 15 is 0 Å². The van der Waals surface area contributed by atoms with E-state index in [1.54, 1.807) is 24.8 Å². The van der Waals surface area contributed by atoms with Gasteiger partial charge in [-0.05, 0) is 31.2 Å². The molecule has 1 aromatic heterocycles. The third kappa shape index (κ3) is 3.30. The Labute approximate surface area is 121 Å². The van der Waals surface area contributed by atoms with Crippen molar-refractivity contribution in [3.63, 3.8) is 0 Å². The largest absolute Gasteiger partial charge is 0.477 e. The number of pyridine rings is 1. The molecular formula is C15H15NO3S. The van der Waals surface area contributed by atoms with Crippen LogP contribution in [0.15, 0.2) is 52.2 Å². The molecule has 0 saturated heterocycles. The zero-order chi connectivity index (χ0) is 14.5. The van der Waals surface area contributed by atoms with E-state index in [2.05, 4.69) is 0 Å². The number of aromatic carboxylic acids is 1. The van der Waals surface area contributed by atoms with Gasteiger partial charge in [-0.1, -0.05) is 18.2 Å². The Morgan fingerprint density at radius 3 is 2.55 bits per heavy atom. The molecule has 1 N–H and O–H groups in total. The Kier molecular flexibility index (Phi) is 4.63. The van der Waals surface area contributed by atoms with E-state index in [-0.39, 0.29) is 5.56 Å². The van der Waals surface area contributed by atoms with Crippen molar-refractivity contribution in [2.75, 3.05) is 5.75 Å². The number of aryl methyl sites for hydroxylation is 1. The Morgan fingerprint density at radius 1 is 1.20 bits per heavy atom. The molecule has 0 aliphatic carbocycles. The monoisotopic (exact) mass is 289 g/mol. The Hall–Kier alpha value is -2.01. The number of carboxylic acid groups (broad SMARTS) is 1. The lowest BCUT2D eigenvalue weighted by Crippen LogP contribution is -2.28. The second-order valence-corrected chi connectivity index (χ2v) is 5.48. The first-order valence-electron chi connectivity index (χ1n) is 6.21. The maximum absolute atomic E-state index is 12.0. The third-order valence-electron chi connectivity index (χ3n) is 2.95. The highest BCUT2D eigenvalue weighted by Gasteiger charge is 2.12. The minimum absolute atomic E-state index is 0.180. The van der Waals surface area contributed by atoms with Crippen LogP contribution in [0.3, 0.4) is 0 Å². The predicted octanol–water partition coefficient (Wildman–Crippen LogP) is 2.65. The SMILES string of the molecule is Cc1ccc(C(=O)O)c(=O)n1CCSc1ccccc1. The van der Waals surface area contributed by atoms with Gasteiger partial charge in [0.2, 0.25) is 0 Å². The molecule has 5 heteroatoms. The summed E-state index contributed by atoms with van der Waals surface area (Å²) in [6.45, 7) is 2.30. The van der Waals surface area contributed by atoms with Gasteiger partial charge in [0, 0.05) is 22.9 Å². The van der Waals surface area contributed by atoms with Gasteiger partial charge in [-0.3, -0.25) is 4.79 Å². The average molecular weight is 289 g/mol. The van der Waals surface area contributed by atoms with Gasteiger partial charge < -0.3 is 9.67 Å². The molecule has 20 heavy (non-hydrogen) atoms. The first kappa shape index (κ1) is 14.4. The van der Waals surface area contributed by atoms with Crippen molar-refractivity contribution in [1.82, 2.24) is 4.57 Å². The summed E-state index contributed by atoms with van der Waals surface area (Å²) in [6, 6.07) is 12.9. The van der Waals surface area contributed by atoms with Crippen LogP contribution in [-0.2, 0) is 6.54 Å². The summed E-state index contributed by atoms with van der Waals surface area (Å²) in [7, 11) is 0. The molecule has 1 heterocycles. The lowest BCUT2D eigenvalue weighted by Gasteiger charge is -2.10. The van der Waals surface area contributed by atoms with Crippen LogP contribution >= 0.6 is 11.8 Å². The van der Waals surface area contributed by atoms with E-state index in [1.807, 2.05) is 30.3 Å². The number of thioether (sulfide) groups is 1. The normalized spacial score (nSPS) is 10.4. The van der Waals surface area contributed by atoms with Crippen LogP contribution in [-0.4, -0.2) is 21.4 Å². The van der Waals surface area contributed by atoms with Gasteiger partial charge in [0.15, 0.2) is 0 Å². The molecule has 0 aliphatic heterocycles. The summed E-state index contributed by atoms with van der Waals surface area (Å²) in [6.07, 6.45) is 0. The number of nitrogens with zero attached hydrogens (tertiary/aromatic N) is 1. The molecule has 0 spiro atoms. The molecule has 2 rings (SSSR count). The van der Waals surface area contributed by atoms with Crippen LogP contribution in [0.25, 0.3) is 0 Å². The van der Waals surface area contributed by atoms with Crippen LogP contribution in [0.4, 0.5) is 0 Å². The molecule has 104 valence electrons. The molecule has 0 unspecified atom stereocenters. The topological polar surface area (TPSA) is 59.3 Å². The van der Waals surface area contributed by atoms with E-state index in [1.165, 1.54) is 10.6 Å². The number of hydrogen-bond acceptors (Lipinski definition) is 3. The van der Waals surface area contributed by atoms with Crippen LogP contribution in [0, 0.1) is 6.92 Å². The van der Waals surface area contributed by atoms with Gasteiger partial charge in [-0.25, -0.2) is 4.79 Å². The van der Waals surface area contributed by atoms with Crippen molar-refractivity contribution < 1.29 is 9.90 Å². The molecule has 0 amide bonds. The highest BCUT2D eigenvalue weighted by Crippen LogP contribution is 2.17. The van der Waals surface area contributed by atoms with Gasteiger partial charge in [-0.2, -0.15) is 0 Å². The van der Waals surface area contributed by atoms with Gasteiger partial charge in [0.25, 0.3) is 5.56 Å². The predicted molar refractivity (Wildman–Crippen MR) is 79.6 cm³/mol. The number of benzene rings is 1. The molecule has 2 aromatic rings. The average Bonchev–Trinajstić information content (AvgIpc) is 2.43. The van der Waals surface area contributed by atoms with Crippen LogP contribution in [0.5, 0.6) is 0 Å². The summed E-state index contributed by atoms with van der Waals surface area (Å²) in [4.78, 5) is 24.1. The molecule has 0 aliphatic rings. The molecule has 0 atom stereocenters. The molecule has 4 nitrogen and oxygen atoms in total. The van der Waals surface area contributed by atoms with Crippen molar-refractivity contribution in [1.29, 1.82) is 0 Å². The van der Waals surface area contributed by atoms with Crippen molar-refractivity contribution in [2.45, 2.75) is 18.4 Å². The fourth-order valence-electron chi connectivity index (χ4n) is 1.88. The van der Waals surface area contributed by atoms with Crippen LogP contribution < -0.4 is 5.56 Å². The summed E-state index contributed by atoms with van der Waals surface area (Å²) < 4.78 is 1.51. The number of aromatic nitrogens is 1. The standard InChI is InChI=1S/C15H15NO3S/c1-11-7-8-13(15(18)19)14(17)16(11)9-10-20-12-5-3-2-4-6-12/h2-8H,9-10H2,1H3,(H,18,19). The first-order chi connectivity index (χ1) is 9.59. The van der Waals surface area contributed by atoms with E-state index in [0.717, 1.165) is 10.6 Å². The van der Waals surface area contributed by atoms with Crippen LogP contribution in [0.2, 0.25) is 0 Å².